The fourth-order valence-electron chi connectivity index (χ4n) is 0.948. The van der Waals surface area contributed by atoms with Crippen LogP contribution in [0.2, 0.25) is 0 Å². The van der Waals surface area contributed by atoms with Gasteiger partial charge in [0.05, 0.1) is 12.1 Å². The predicted molar refractivity (Wildman–Crippen MR) is 58.9 cm³/mol. The van der Waals surface area contributed by atoms with Crippen LogP contribution in [0.1, 0.15) is 18.1 Å². The van der Waals surface area contributed by atoms with Crippen LogP contribution >= 0.6 is 0 Å². The zero-order chi connectivity index (χ0) is 12.0. The second kappa shape index (κ2) is 5.38. The van der Waals surface area contributed by atoms with E-state index < -0.39 is 0 Å². The molecule has 1 rings (SSSR count). The van der Waals surface area contributed by atoms with E-state index in [-0.39, 0.29) is 18.3 Å². The lowest BCUT2D eigenvalue weighted by Crippen LogP contribution is -2.19. The molecular weight excluding hydrogens is 204 g/mol. The van der Waals surface area contributed by atoms with Gasteiger partial charge in [0.25, 0.3) is 0 Å². The van der Waals surface area contributed by atoms with Crippen molar-refractivity contribution in [2.75, 3.05) is 12.3 Å². The van der Waals surface area contributed by atoms with Gasteiger partial charge in [0.1, 0.15) is 11.9 Å². The van der Waals surface area contributed by atoms with Crippen LogP contribution in [0.3, 0.4) is 0 Å². The molecule has 80 valence electrons. The van der Waals surface area contributed by atoms with Gasteiger partial charge in [0.2, 0.25) is 5.91 Å². The number of nitrogens with two attached hydrogens (primary N) is 1. The summed E-state index contributed by atoms with van der Waals surface area (Å²) < 4.78 is 0. The van der Waals surface area contributed by atoms with Crippen molar-refractivity contribution in [1.29, 1.82) is 5.26 Å². The van der Waals surface area contributed by atoms with Gasteiger partial charge in [-0.15, -0.1) is 0 Å². The van der Waals surface area contributed by atoms with Gasteiger partial charge in [-0.25, -0.2) is 4.98 Å². The van der Waals surface area contributed by atoms with Crippen LogP contribution in [0.25, 0.3) is 0 Å². The van der Waals surface area contributed by atoms with Crippen molar-refractivity contribution >= 4 is 11.7 Å². The van der Waals surface area contributed by atoms with Gasteiger partial charge < -0.3 is 11.1 Å². The lowest BCUT2D eigenvalue weighted by atomic mass is 10.2. The molecule has 0 aliphatic heterocycles. The summed E-state index contributed by atoms with van der Waals surface area (Å²) in [5.41, 5.74) is 6.35. The van der Waals surface area contributed by atoms with Crippen molar-refractivity contribution in [3.8, 4) is 17.9 Å². The first-order chi connectivity index (χ1) is 7.63. The van der Waals surface area contributed by atoms with Gasteiger partial charge in [-0.05, 0) is 6.07 Å². The summed E-state index contributed by atoms with van der Waals surface area (Å²) in [4.78, 5) is 14.4. The Morgan fingerprint density at radius 2 is 2.44 bits per heavy atom. The molecule has 0 radical (unpaired) electrons. The fraction of sp³-hybridized carbons (Fsp3) is 0.182. The molecule has 1 aromatic heterocycles. The molecule has 1 heterocycles. The van der Waals surface area contributed by atoms with E-state index in [0.717, 1.165) is 0 Å². The smallest absolute Gasteiger partial charge is 0.217 e. The average molecular weight is 214 g/mol. The second-order valence-corrected chi connectivity index (χ2v) is 2.98. The van der Waals surface area contributed by atoms with Gasteiger partial charge >= 0.3 is 0 Å². The SMILES string of the molecule is CC(=O)NCC#Cc1cnc(N)c(C#N)c1. The molecule has 16 heavy (non-hydrogen) atoms. The van der Waals surface area contributed by atoms with Crippen LogP contribution in [0.15, 0.2) is 12.3 Å². The van der Waals surface area contributed by atoms with Gasteiger partial charge in [-0.3, -0.25) is 4.79 Å². The van der Waals surface area contributed by atoms with Crippen LogP contribution < -0.4 is 11.1 Å². The number of hydrogen-bond donors (Lipinski definition) is 2. The van der Waals surface area contributed by atoms with Gasteiger partial charge in [0.15, 0.2) is 0 Å². The molecule has 0 aromatic carbocycles. The Kier molecular flexibility index (Phi) is 3.88. The monoisotopic (exact) mass is 214 g/mol. The number of nitrogens with one attached hydrogen (secondary N) is 1. The summed E-state index contributed by atoms with van der Waals surface area (Å²) >= 11 is 0. The number of pyridine rings is 1. The standard InChI is InChI=1S/C11H10N4O/c1-8(16)14-4-2-3-9-5-10(6-12)11(13)15-7-9/h5,7H,4H2,1H3,(H2,13,15)(H,14,16). The first kappa shape index (κ1) is 11.5. The van der Waals surface area contributed by atoms with Gasteiger partial charge in [-0.2, -0.15) is 5.26 Å². The number of carbonyl (C=O) groups excluding carboxylic acids is 1. The molecule has 0 spiro atoms. The number of carbonyl (C=O) groups is 1. The molecule has 3 N–H and O–H groups in total. The molecule has 1 aromatic rings. The van der Waals surface area contributed by atoms with E-state index in [1.807, 2.05) is 6.07 Å². The molecule has 0 aliphatic rings. The average Bonchev–Trinajstić information content (AvgIpc) is 2.26. The molecule has 0 saturated carbocycles. The topological polar surface area (TPSA) is 91.8 Å². The zero-order valence-electron chi connectivity index (χ0n) is 8.74. The molecule has 1 amide bonds. The molecule has 0 aliphatic carbocycles. The van der Waals surface area contributed by atoms with Gasteiger partial charge in [0, 0.05) is 18.7 Å². The summed E-state index contributed by atoms with van der Waals surface area (Å²) in [5.74, 6) is 5.55. The highest BCUT2D eigenvalue weighted by Gasteiger charge is 1.98. The first-order valence-corrected chi connectivity index (χ1v) is 4.52. The maximum absolute atomic E-state index is 10.5. The van der Waals surface area contributed by atoms with Crippen LogP contribution in [-0.4, -0.2) is 17.4 Å². The van der Waals surface area contributed by atoms with E-state index in [1.165, 1.54) is 13.1 Å². The lowest BCUT2D eigenvalue weighted by molar-refractivity contribution is -0.118. The van der Waals surface area contributed by atoms with Crippen LogP contribution in [0.5, 0.6) is 0 Å². The van der Waals surface area contributed by atoms with Crippen LogP contribution in [-0.2, 0) is 4.79 Å². The Morgan fingerprint density at radius 1 is 1.69 bits per heavy atom. The highest BCUT2D eigenvalue weighted by Crippen LogP contribution is 2.07. The van der Waals surface area contributed by atoms with Crippen molar-refractivity contribution in [2.24, 2.45) is 0 Å². The maximum Gasteiger partial charge on any atom is 0.217 e. The summed E-state index contributed by atoms with van der Waals surface area (Å²) in [6.07, 6.45) is 1.48. The molecule has 0 saturated heterocycles. The highest BCUT2D eigenvalue weighted by atomic mass is 16.1. The number of anilines is 1. The lowest BCUT2D eigenvalue weighted by Gasteiger charge is -1.96. The number of hydrogen-bond acceptors (Lipinski definition) is 4. The summed E-state index contributed by atoms with van der Waals surface area (Å²) in [5, 5.41) is 11.2. The van der Waals surface area contributed by atoms with Crippen LogP contribution in [0, 0.1) is 23.2 Å². The predicted octanol–water partition coefficient (Wildman–Crippen LogP) is 0.0231. The maximum atomic E-state index is 10.5. The molecular formula is C11H10N4O. The van der Waals surface area contributed by atoms with Crippen molar-refractivity contribution in [2.45, 2.75) is 6.92 Å². The number of nitrogen functional groups attached to an aromatic ring is 1. The number of amides is 1. The van der Waals surface area contributed by atoms with Crippen molar-refractivity contribution in [1.82, 2.24) is 10.3 Å². The van der Waals surface area contributed by atoms with E-state index >= 15 is 0 Å². The summed E-state index contributed by atoms with van der Waals surface area (Å²) in [6.45, 7) is 1.68. The van der Waals surface area contributed by atoms with Crippen molar-refractivity contribution in [3.63, 3.8) is 0 Å². The third-order valence-electron chi connectivity index (χ3n) is 1.70. The first-order valence-electron chi connectivity index (χ1n) is 4.52. The normalized spacial score (nSPS) is 8.50. The number of nitrogens with zero attached hydrogens (tertiary/aromatic N) is 2. The quantitative estimate of drug-likeness (QED) is 0.645. The summed E-state index contributed by atoms with van der Waals surface area (Å²) in [6, 6.07) is 3.48. The van der Waals surface area contributed by atoms with E-state index in [0.29, 0.717) is 11.1 Å². The molecule has 5 heteroatoms. The van der Waals surface area contributed by atoms with Crippen LogP contribution in [0.4, 0.5) is 5.82 Å². The Morgan fingerprint density at radius 3 is 3.06 bits per heavy atom. The minimum atomic E-state index is -0.137. The Bertz CT molecular complexity index is 505. The number of nitriles is 1. The zero-order valence-corrected chi connectivity index (χ0v) is 8.74. The molecule has 0 unspecified atom stereocenters. The number of rotatable bonds is 1. The van der Waals surface area contributed by atoms with E-state index in [1.54, 1.807) is 6.07 Å². The summed E-state index contributed by atoms with van der Waals surface area (Å²) in [7, 11) is 0. The van der Waals surface area contributed by atoms with Gasteiger partial charge in [-0.1, -0.05) is 11.8 Å². The van der Waals surface area contributed by atoms with E-state index in [9.17, 15) is 4.79 Å². The Balaban J connectivity index is 2.75. The minimum absolute atomic E-state index is 0.137. The minimum Gasteiger partial charge on any atom is -0.383 e. The van der Waals surface area contributed by atoms with Crippen molar-refractivity contribution in [3.05, 3.63) is 23.4 Å². The number of aromatic nitrogens is 1. The van der Waals surface area contributed by atoms with E-state index in [4.69, 9.17) is 11.0 Å². The van der Waals surface area contributed by atoms with Crippen molar-refractivity contribution < 1.29 is 4.79 Å². The highest BCUT2D eigenvalue weighted by molar-refractivity contribution is 5.73. The molecule has 5 nitrogen and oxygen atoms in total. The largest absolute Gasteiger partial charge is 0.383 e. The second-order valence-electron chi connectivity index (χ2n) is 2.98. The Hall–Kier alpha value is -2.53. The fourth-order valence-corrected chi connectivity index (χ4v) is 0.948. The third kappa shape index (κ3) is 3.32. The molecule has 0 atom stereocenters. The molecule has 0 bridgehead atoms. The molecule has 0 fully saturated rings. The Labute approximate surface area is 93.3 Å². The van der Waals surface area contributed by atoms with E-state index in [2.05, 4.69) is 22.1 Å². The third-order valence-corrected chi connectivity index (χ3v) is 1.70.